The second-order valence-electron chi connectivity index (χ2n) is 3.36. The number of hydrogen-bond donors (Lipinski definition) is 1. The van der Waals surface area contributed by atoms with E-state index in [2.05, 4.69) is 19.2 Å². The fourth-order valence-electron chi connectivity index (χ4n) is 1.01. The van der Waals surface area contributed by atoms with Crippen LogP contribution < -0.4 is 5.32 Å². The van der Waals surface area contributed by atoms with Gasteiger partial charge in [0.05, 0.1) is 12.2 Å². The number of rotatable bonds is 7. The number of hydrogen-bond acceptors (Lipinski definition) is 3. The van der Waals surface area contributed by atoms with Gasteiger partial charge in [0.25, 0.3) is 0 Å². The van der Waals surface area contributed by atoms with E-state index in [0.717, 1.165) is 26.3 Å². The van der Waals surface area contributed by atoms with E-state index < -0.39 is 0 Å². The van der Waals surface area contributed by atoms with Crippen LogP contribution in [0.25, 0.3) is 0 Å². The molecule has 0 amide bonds. The summed E-state index contributed by atoms with van der Waals surface area (Å²) in [6, 6.07) is 0. The Kier molecular flexibility index (Phi) is 6.34. The zero-order chi connectivity index (χ0) is 9.45. The molecule has 0 heterocycles. The second-order valence-corrected chi connectivity index (χ2v) is 3.36. The smallest absolute Gasteiger partial charge is 0.0750 e. The summed E-state index contributed by atoms with van der Waals surface area (Å²) in [5, 5.41) is 3.26. The van der Waals surface area contributed by atoms with Crippen molar-refractivity contribution in [1.82, 2.24) is 5.32 Å². The van der Waals surface area contributed by atoms with Crippen LogP contribution >= 0.6 is 0 Å². The Hall–Kier alpha value is -0.120. The zero-order valence-corrected chi connectivity index (χ0v) is 8.64. The lowest BCUT2D eigenvalue weighted by Crippen LogP contribution is -2.38. The van der Waals surface area contributed by atoms with Crippen molar-refractivity contribution in [2.75, 3.05) is 33.4 Å². The fourth-order valence-corrected chi connectivity index (χ4v) is 1.01. The van der Waals surface area contributed by atoms with E-state index in [9.17, 15) is 0 Å². The summed E-state index contributed by atoms with van der Waals surface area (Å²) in [7, 11) is 1.70. The third-order valence-electron chi connectivity index (χ3n) is 1.57. The predicted molar refractivity (Wildman–Crippen MR) is 50.5 cm³/mol. The molecule has 0 fully saturated rings. The summed E-state index contributed by atoms with van der Waals surface area (Å²) < 4.78 is 10.4. The highest BCUT2D eigenvalue weighted by molar-refractivity contribution is 4.71. The molecule has 0 aromatic heterocycles. The molecule has 0 atom stereocenters. The van der Waals surface area contributed by atoms with Gasteiger partial charge in [-0.05, 0) is 20.8 Å². The van der Waals surface area contributed by atoms with Crippen LogP contribution in [0.1, 0.15) is 20.8 Å². The molecule has 0 bridgehead atoms. The third-order valence-corrected chi connectivity index (χ3v) is 1.57. The summed E-state index contributed by atoms with van der Waals surface area (Å²) >= 11 is 0. The van der Waals surface area contributed by atoms with Gasteiger partial charge >= 0.3 is 0 Å². The first-order valence-electron chi connectivity index (χ1n) is 4.46. The quantitative estimate of drug-likeness (QED) is 0.586. The monoisotopic (exact) mass is 175 g/mol. The van der Waals surface area contributed by atoms with Crippen molar-refractivity contribution in [1.29, 1.82) is 0 Å². The zero-order valence-electron chi connectivity index (χ0n) is 8.64. The van der Waals surface area contributed by atoms with Crippen molar-refractivity contribution in [2.24, 2.45) is 0 Å². The van der Waals surface area contributed by atoms with E-state index in [4.69, 9.17) is 9.47 Å². The summed E-state index contributed by atoms with van der Waals surface area (Å²) in [5.41, 5.74) is -0.0670. The molecule has 0 spiro atoms. The first-order valence-corrected chi connectivity index (χ1v) is 4.46. The molecule has 74 valence electrons. The van der Waals surface area contributed by atoms with Gasteiger partial charge < -0.3 is 14.8 Å². The SMILES string of the molecule is CCOC(C)(C)CNCCOC. The number of methoxy groups -OCH3 is 1. The third kappa shape index (κ3) is 6.58. The number of nitrogens with one attached hydrogen (secondary N) is 1. The summed E-state index contributed by atoms with van der Waals surface area (Å²) in [6.45, 7) is 9.43. The van der Waals surface area contributed by atoms with Gasteiger partial charge in [-0.15, -0.1) is 0 Å². The molecule has 1 N–H and O–H groups in total. The van der Waals surface area contributed by atoms with E-state index in [-0.39, 0.29) is 5.60 Å². The largest absolute Gasteiger partial charge is 0.383 e. The molecule has 0 radical (unpaired) electrons. The Labute approximate surface area is 75.4 Å². The lowest BCUT2D eigenvalue weighted by atomic mass is 10.1. The molecule has 3 nitrogen and oxygen atoms in total. The van der Waals surface area contributed by atoms with Crippen molar-refractivity contribution in [3.63, 3.8) is 0 Å². The van der Waals surface area contributed by atoms with E-state index in [1.807, 2.05) is 6.92 Å². The lowest BCUT2D eigenvalue weighted by molar-refractivity contribution is -0.00944. The van der Waals surface area contributed by atoms with Gasteiger partial charge in [0.1, 0.15) is 0 Å². The molecule has 0 aromatic carbocycles. The van der Waals surface area contributed by atoms with Crippen LogP contribution in [0.5, 0.6) is 0 Å². The van der Waals surface area contributed by atoms with E-state index >= 15 is 0 Å². The van der Waals surface area contributed by atoms with E-state index in [0.29, 0.717) is 0 Å². The van der Waals surface area contributed by atoms with E-state index in [1.54, 1.807) is 7.11 Å². The first-order chi connectivity index (χ1) is 5.62. The van der Waals surface area contributed by atoms with Crippen molar-refractivity contribution in [3.8, 4) is 0 Å². The Bertz CT molecular complexity index is 105. The van der Waals surface area contributed by atoms with Crippen LogP contribution in [0.4, 0.5) is 0 Å². The minimum absolute atomic E-state index is 0.0670. The molecular weight excluding hydrogens is 154 g/mol. The predicted octanol–water partition coefficient (Wildman–Crippen LogP) is 1.04. The molecule has 3 heteroatoms. The summed E-state index contributed by atoms with van der Waals surface area (Å²) in [5.74, 6) is 0. The number of ether oxygens (including phenoxy) is 2. The first kappa shape index (κ1) is 11.9. The molecular formula is C9H21NO2. The highest BCUT2D eigenvalue weighted by Crippen LogP contribution is 2.06. The van der Waals surface area contributed by atoms with Crippen LogP contribution in [0.2, 0.25) is 0 Å². The molecule has 0 aliphatic rings. The van der Waals surface area contributed by atoms with E-state index in [1.165, 1.54) is 0 Å². The maximum atomic E-state index is 5.51. The van der Waals surface area contributed by atoms with Crippen molar-refractivity contribution >= 4 is 0 Å². The van der Waals surface area contributed by atoms with Crippen LogP contribution in [0, 0.1) is 0 Å². The average molecular weight is 175 g/mol. The standard InChI is InChI=1S/C9H21NO2/c1-5-12-9(2,3)8-10-6-7-11-4/h10H,5-8H2,1-4H3. The molecule has 0 saturated carbocycles. The van der Waals surface area contributed by atoms with Gasteiger partial charge in [0.2, 0.25) is 0 Å². The Morgan fingerprint density at radius 2 is 2.00 bits per heavy atom. The average Bonchev–Trinajstić information content (AvgIpc) is 1.98. The van der Waals surface area contributed by atoms with Gasteiger partial charge in [-0.2, -0.15) is 0 Å². The van der Waals surface area contributed by atoms with Gasteiger partial charge in [-0.1, -0.05) is 0 Å². The maximum Gasteiger partial charge on any atom is 0.0750 e. The van der Waals surface area contributed by atoms with Crippen LogP contribution in [-0.2, 0) is 9.47 Å². The molecule has 0 rings (SSSR count). The van der Waals surface area contributed by atoms with Gasteiger partial charge in [0, 0.05) is 26.8 Å². The maximum absolute atomic E-state index is 5.51. The highest BCUT2D eigenvalue weighted by Gasteiger charge is 2.15. The molecule has 0 saturated heterocycles. The van der Waals surface area contributed by atoms with Gasteiger partial charge in [-0.25, -0.2) is 0 Å². The molecule has 0 aliphatic heterocycles. The van der Waals surface area contributed by atoms with Crippen molar-refractivity contribution < 1.29 is 9.47 Å². The minimum atomic E-state index is -0.0670. The molecule has 0 aliphatic carbocycles. The van der Waals surface area contributed by atoms with Crippen molar-refractivity contribution in [3.05, 3.63) is 0 Å². The second kappa shape index (κ2) is 6.40. The fraction of sp³-hybridized carbons (Fsp3) is 1.00. The Balaban J connectivity index is 3.33. The Morgan fingerprint density at radius 3 is 2.50 bits per heavy atom. The topological polar surface area (TPSA) is 30.5 Å². The molecule has 12 heavy (non-hydrogen) atoms. The normalized spacial score (nSPS) is 12.0. The van der Waals surface area contributed by atoms with Crippen LogP contribution in [0.15, 0.2) is 0 Å². The molecule has 0 unspecified atom stereocenters. The van der Waals surface area contributed by atoms with Crippen LogP contribution in [0.3, 0.4) is 0 Å². The lowest BCUT2D eigenvalue weighted by Gasteiger charge is -2.24. The highest BCUT2D eigenvalue weighted by atomic mass is 16.5. The Morgan fingerprint density at radius 1 is 1.33 bits per heavy atom. The van der Waals surface area contributed by atoms with Crippen LogP contribution in [-0.4, -0.2) is 39.0 Å². The van der Waals surface area contributed by atoms with Crippen molar-refractivity contribution in [2.45, 2.75) is 26.4 Å². The van der Waals surface area contributed by atoms with Gasteiger partial charge in [0.15, 0.2) is 0 Å². The molecule has 0 aromatic rings. The summed E-state index contributed by atoms with van der Waals surface area (Å²) in [6.07, 6.45) is 0. The van der Waals surface area contributed by atoms with Gasteiger partial charge in [-0.3, -0.25) is 0 Å². The summed E-state index contributed by atoms with van der Waals surface area (Å²) in [4.78, 5) is 0. The minimum Gasteiger partial charge on any atom is -0.383 e.